The van der Waals surface area contributed by atoms with Crippen LogP contribution in [0.2, 0.25) is 5.02 Å². The number of hydrogen-bond donors (Lipinski definition) is 3. The molecule has 6 heteroatoms. The van der Waals surface area contributed by atoms with Crippen LogP contribution in [-0.4, -0.2) is 24.4 Å². The molecule has 2 aromatic carbocycles. The normalized spacial score (nSPS) is 11.9. The van der Waals surface area contributed by atoms with E-state index in [4.69, 9.17) is 17.3 Å². The predicted molar refractivity (Wildman–Crippen MR) is 105 cm³/mol. The lowest BCUT2D eigenvalue weighted by Crippen LogP contribution is -2.47. The van der Waals surface area contributed by atoms with Gasteiger partial charge in [-0.15, -0.1) is 0 Å². The molecule has 0 fully saturated rings. The minimum absolute atomic E-state index is 0.0179. The second-order valence-electron chi connectivity index (χ2n) is 6.43. The number of hydrogen-bond acceptors (Lipinski definition) is 3. The molecule has 2 amide bonds. The van der Waals surface area contributed by atoms with Gasteiger partial charge in [0.15, 0.2) is 0 Å². The van der Waals surface area contributed by atoms with E-state index in [-0.39, 0.29) is 24.3 Å². The van der Waals surface area contributed by atoms with E-state index >= 15 is 0 Å². The SMILES string of the molecule is CC(C)[C@H](N)C(=O)NCC(=O)NCc1ccccc1-c1ccc(Cl)cc1. The fraction of sp³-hybridized carbons (Fsp3) is 0.300. The Morgan fingerprint density at radius 3 is 2.35 bits per heavy atom. The molecule has 0 bridgehead atoms. The van der Waals surface area contributed by atoms with Crippen LogP contribution in [0.1, 0.15) is 19.4 Å². The van der Waals surface area contributed by atoms with Crippen molar-refractivity contribution >= 4 is 23.4 Å². The Labute approximate surface area is 158 Å². The monoisotopic (exact) mass is 373 g/mol. The topological polar surface area (TPSA) is 84.2 Å². The second-order valence-corrected chi connectivity index (χ2v) is 6.86. The smallest absolute Gasteiger partial charge is 0.239 e. The lowest BCUT2D eigenvalue weighted by molar-refractivity contribution is -0.127. The number of nitrogens with two attached hydrogens (primary N) is 1. The minimum Gasteiger partial charge on any atom is -0.350 e. The summed E-state index contributed by atoms with van der Waals surface area (Å²) in [5, 5.41) is 6.06. The summed E-state index contributed by atoms with van der Waals surface area (Å²) in [5.41, 5.74) is 8.78. The quantitative estimate of drug-likeness (QED) is 0.697. The minimum atomic E-state index is -0.617. The highest BCUT2D eigenvalue weighted by molar-refractivity contribution is 6.30. The van der Waals surface area contributed by atoms with Crippen LogP contribution in [0.4, 0.5) is 0 Å². The zero-order valence-corrected chi connectivity index (χ0v) is 15.7. The average molecular weight is 374 g/mol. The van der Waals surface area contributed by atoms with Crippen LogP contribution in [0.15, 0.2) is 48.5 Å². The summed E-state index contributed by atoms with van der Waals surface area (Å²) in [6, 6.07) is 14.7. The molecule has 26 heavy (non-hydrogen) atoms. The third kappa shape index (κ3) is 5.58. The largest absolute Gasteiger partial charge is 0.350 e. The molecule has 0 aliphatic rings. The first kappa shape index (κ1) is 19.9. The van der Waals surface area contributed by atoms with Gasteiger partial charge < -0.3 is 16.4 Å². The van der Waals surface area contributed by atoms with Crippen LogP contribution in [0, 0.1) is 5.92 Å². The van der Waals surface area contributed by atoms with Crippen molar-refractivity contribution in [2.45, 2.75) is 26.4 Å². The van der Waals surface area contributed by atoms with Gasteiger partial charge in [0.2, 0.25) is 11.8 Å². The van der Waals surface area contributed by atoms with Crippen LogP contribution in [0.5, 0.6) is 0 Å². The van der Waals surface area contributed by atoms with Crippen molar-refractivity contribution in [2.75, 3.05) is 6.54 Å². The maximum absolute atomic E-state index is 12.0. The molecule has 138 valence electrons. The van der Waals surface area contributed by atoms with Crippen LogP contribution >= 0.6 is 11.6 Å². The Bertz CT molecular complexity index is 760. The number of halogens is 1. The highest BCUT2D eigenvalue weighted by Gasteiger charge is 2.17. The molecule has 2 aromatic rings. The number of amides is 2. The number of benzene rings is 2. The van der Waals surface area contributed by atoms with E-state index in [9.17, 15) is 9.59 Å². The predicted octanol–water partition coefficient (Wildman–Crippen LogP) is 2.72. The highest BCUT2D eigenvalue weighted by Crippen LogP contribution is 2.25. The van der Waals surface area contributed by atoms with Crippen LogP contribution < -0.4 is 16.4 Å². The Hall–Kier alpha value is -2.37. The van der Waals surface area contributed by atoms with E-state index in [1.807, 2.05) is 62.4 Å². The summed E-state index contributed by atoms with van der Waals surface area (Å²) in [7, 11) is 0. The average Bonchev–Trinajstić information content (AvgIpc) is 2.64. The van der Waals surface area contributed by atoms with Gasteiger partial charge in [0, 0.05) is 11.6 Å². The fourth-order valence-electron chi connectivity index (χ4n) is 2.43. The highest BCUT2D eigenvalue weighted by atomic mass is 35.5. The molecule has 0 spiro atoms. The maximum atomic E-state index is 12.0. The molecule has 0 radical (unpaired) electrons. The van der Waals surface area contributed by atoms with Gasteiger partial charge in [-0.25, -0.2) is 0 Å². The van der Waals surface area contributed by atoms with E-state index < -0.39 is 6.04 Å². The molecule has 0 heterocycles. The van der Waals surface area contributed by atoms with Crippen LogP contribution in [-0.2, 0) is 16.1 Å². The molecule has 0 saturated carbocycles. The standard InChI is InChI=1S/C20H24ClN3O2/c1-13(2)19(22)20(26)24-12-18(25)23-11-15-5-3-4-6-17(15)14-7-9-16(21)10-8-14/h3-10,13,19H,11-12,22H2,1-2H3,(H,23,25)(H,24,26)/t19-/m0/s1. The lowest BCUT2D eigenvalue weighted by atomic mass is 10.00. The first-order chi connectivity index (χ1) is 12.4. The molecule has 0 unspecified atom stereocenters. The van der Waals surface area contributed by atoms with Gasteiger partial charge in [0.1, 0.15) is 0 Å². The molecule has 0 aromatic heterocycles. The van der Waals surface area contributed by atoms with E-state index in [0.29, 0.717) is 11.6 Å². The van der Waals surface area contributed by atoms with E-state index in [0.717, 1.165) is 16.7 Å². The summed E-state index contributed by atoms with van der Waals surface area (Å²) in [6.45, 7) is 3.99. The zero-order valence-electron chi connectivity index (χ0n) is 15.0. The first-order valence-electron chi connectivity index (χ1n) is 8.52. The van der Waals surface area contributed by atoms with Crippen molar-refractivity contribution < 1.29 is 9.59 Å². The third-order valence-electron chi connectivity index (χ3n) is 4.09. The molecule has 5 nitrogen and oxygen atoms in total. The van der Waals surface area contributed by atoms with Gasteiger partial charge in [-0.05, 0) is 34.7 Å². The van der Waals surface area contributed by atoms with Gasteiger partial charge >= 0.3 is 0 Å². The van der Waals surface area contributed by atoms with Crippen molar-refractivity contribution in [1.82, 2.24) is 10.6 Å². The Kier molecular flexibility index (Phi) is 7.18. The maximum Gasteiger partial charge on any atom is 0.239 e. The van der Waals surface area contributed by atoms with Crippen molar-refractivity contribution in [3.63, 3.8) is 0 Å². The van der Waals surface area contributed by atoms with Crippen molar-refractivity contribution in [2.24, 2.45) is 11.7 Å². The molecule has 1 atom stereocenters. The van der Waals surface area contributed by atoms with Gasteiger partial charge in [-0.1, -0.05) is 61.8 Å². The summed E-state index contributed by atoms with van der Waals surface area (Å²) in [6.07, 6.45) is 0. The molecule has 0 aliphatic heterocycles. The van der Waals surface area contributed by atoms with Crippen molar-refractivity contribution in [3.8, 4) is 11.1 Å². The molecule has 2 rings (SSSR count). The summed E-state index contributed by atoms with van der Waals surface area (Å²) in [5.74, 6) is -0.568. The second kappa shape index (κ2) is 9.36. The van der Waals surface area contributed by atoms with E-state index in [1.54, 1.807) is 0 Å². The number of nitrogens with one attached hydrogen (secondary N) is 2. The van der Waals surface area contributed by atoms with Crippen molar-refractivity contribution in [3.05, 3.63) is 59.1 Å². The number of carbonyl (C=O) groups excluding carboxylic acids is 2. The summed E-state index contributed by atoms with van der Waals surface area (Å²) in [4.78, 5) is 23.8. The fourth-order valence-corrected chi connectivity index (χ4v) is 2.56. The number of carbonyl (C=O) groups is 2. The molecular weight excluding hydrogens is 350 g/mol. The summed E-state index contributed by atoms with van der Waals surface area (Å²) >= 11 is 5.94. The Balaban J connectivity index is 1.94. The van der Waals surface area contributed by atoms with Gasteiger partial charge in [-0.3, -0.25) is 9.59 Å². The van der Waals surface area contributed by atoms with E-state index in [1.165, 1.54) is 0 Å². The first-order valence-corrected chi connectivity index (χ1v) is 8.90. The zero-order chi connectivity index (χ0) is 19.1. The molecule has 4 N–H and O–H groups in total. The van der Waals surface area contributed by atoms with E-state index in [2.05, 4.69) is 10.6 Å². The van der Waals surface area contributed by atoms with Crippen molar-refractivity contribution in [1.29, 1.82) is 0 Å². The van der Waals surface area contributed by atoms with Gasteiger partial charge in [0.05, 0.1) is 12.6 Å². The molecule has 0 aliphatic carbocycles. The van der Waals surface area contributed by atoms with Crippen LogP contribution in [0.25, 0.3) is 11.1 Å². The number of rotatable bonds is 7. The van der Waals surface area contributed by atoms with Gasteiger partial charge in [0.25, 0.3) is 0 Å². The Morgan fingerprint density at radius 2 is 1.69 bits per heavy atom. The third-order valence-corrected chi connectivity index (χ3v) is 4.34. The molecular formula is C20H24ClN3O2. The van der Waals surface area contributed by atoms with Crippen LogP contribution in [0.3, 0.4) is 0 Å². The summed E-state index contributed by atoms with van der Waals surface area (Å²) < 4.78 is 0. The van der Waals surface area contributed by atoms with Gasteiger partial charge in [-0.2, -0.15) is 0 Å². The lowest BCUT2D eigenvalue weighted by Gasteiger charge is -2.15. The Morgan fingerprint density at radius 1 is 1.04 bits per heavy atom. The molecule has 0 saturated heterocycles.